The predicted octanol–water partition coefficient (Wildman–Crippen LogP) is 3.36. The van der Waals surface area contributed by atoms with Crippen molar-refractivity contribution in [3.63, 3.8) is 0 Å². The van der Waals surface area contributed by atoms with Crippen molar-refractivity contribution < 1.29 is 0 Å². The number of hydrogen-bond acceptors (Lipinski definition) is 5. The molecule has 0 spiro atoms. The van der Waals surface area contributed by atoms with Gasteiger partial charge in [-0.25, -0.2) is 9.97 Å². The maximum absolute atomic E-state index is 4.40. The van der Waals surface area contributed by atoms with Gasteiger partial charge in [0, 0.05) is 13.2 Å². The quantitative estimate of drug-likeness (QED) is 0.796. The van der Waals surface area contributed by atoms with Crippen LogP contribution in [0.4, 0.5) is 5.82 Å². The lowest BCUT2D eigenvalue weighted by Gasteiger charge is -2.12. The predicted molar refractivity (Wildman–Crippen MR) is 80.4 cm³/mol. The lowest BCUT2D eigenvalue weighted by Crippen LogP contribution is -2.09. The van der Waals surface area contributed by atoms with E-state index in [2.05, 4.69) is 43.2 Å². The first-order valence-electron chi connectivity index (χ1n) is 5.79. The fourth-order valence-electron chi connectivity index (χ4n) is 1.87. The second-order valence-corrected chi connectivity index (χ2v) is 6.70. The van der Waals surface area contributed by atoms with Crippen LogP contribution in [0.15, 0.2) is 28.4 Å². The molecule has 0 amide bonds. The summed E-state index contributed by atoms with van der Waals surface area (Å²) in [5.74, 6) is 0.846. The minimum absolute atomic E-state index is 0.0974. The minimum atomic E-state index is 0.0974. The molecule has 0 radical (unpaired) electrons. The third-order valence-electron chi connectivity index (χ3n) is 2.81. The van der Waals surface area contributed by atoms with Gasteiger partial charge in [0.25, 0.3) is 0 Å². The summed E-state index contributed by atoms with van der Waals surface area (Å²) in [6.07, 6.45) is 3.51. The molecule has 1 unspecified atom stereocenters. The van der Waals surface area contributed by atoms with E-state index in [1.165, 1.54) is 0 Å². The average Bonchev–Trinajstić information content (AvgIpc) is 2.95. The average molecular weight is 338 g/mol. The topological polar surface area (TPSA) is 55.6 Å². The van der Waals surface area contributed by atoms with Crippen molar-refractivity contribution in [2.75, 3.05) is 5.32 Å². The summed E-state index contributed by atoms with van der Waals surface area (Å²) < 4.78 is 3.90. The second-order valence-electron chi connectivity index (χ2n) is 4.27. The van der Waals surface area contributed by atoms with E-state index >= 15 is 0 Å². The van der Waals surface area contributed by atoms with Gasteiger partial charge in [0.05, 0.1) is 25.7 Å². The van der Waals surface area contributed by atoms with E-state index < -0.39 is 0 Å². The van der Waals surface area contributed by atoms with Crippen molar-refractivity contribution in [1.82, 2.24) is 19.7 Å². The molecule has 0 aliphatic heterocycles. The molecule has 0 aromatic carbocycles. The second kappa shape index (κ2) is 4.90. The molecule has 0 saturated carbocycles. The highest BCUT2D eigenvalue weighted by Crippen LogP contribution is 2.33. The molecule has 0 aliphatic carbocycles. The van der Waals surface area contributed by atoms with Crippen LogP contribution < -0.4 is 5.32 Å². The van der Waals surface area contributed by atoms with E-state index in [1.54, 1.807) is 22.3 Å². The molecular formula is C12H12BrN5S. The fraction of sp³-hybridized carbons (Fsp3) is 0.250. The van der Waals surface area contributed by atoms with Crippen molar-refractivity contribution in [3.8, 4) is 0 Å². The van der Waals surface area contributed by atoms with Crippen LogP contribution in [0.2, 0.25) is 0 Å². The molecule has 3 aromatic rings. The third kappa shape index (κ3) is 2.48. The van der Waals surface area contributed by atoms with Crippen LogP contribution in [0.3, 0.4) is 0 Å². The summed E-state index contributed by atoms with van der Waals surface area (Å²) in [5, 5.41) is 7.79. The molecule has 3 rings (SSSR count). The highest BCUT2D eigenvalue weighted by Gasteiger charge is 2.13. The Morgan fingerprint density at radius 3 is 3.00 bits per heavy atom. The number of anilines is 1. The first-order valence-corrected chi connectivity index (χ1v) is 7.40. The van der Waals surface area contributed by atoms with Crippen LogP contribution in [0, 0.1) is 0 Å². The van der Waals surface area contributed by atoms with E-state index in [-0.39, 0.29) is 6.04 Å². The van der Waals surface area contributed by atoms with Gasteiger partial charge in [-0.3, -0.25) is 4.68 Å². The SMILES string of the molecule is CC(Nc1ncnc2cc(Br)sc12)c1ccn(C)n1. The highest BCUT2D eigenvalue weighted by molar-refractivity contribution is 9.11. The monoisotopic (exact) mass is 337 g/mol. The van der Waals surface area contributed by atoms with Gasteiger partial charge in [-0.1, -0.05) is 0 Å². The Morgan fingerprint density at radius 1 is 1.42 bits per heavy atom. The summed E-state index contributed by atoms with van der Waals surface area (Å²) in [4.78, 5) is 8.58. The van der Waals surface area contributed by atoms with Gasteiger partial charge in [-0.05, 0) is 35.0 Å². The largest absolute Gasteiger partial charge is 0.361 e. The lowest BCUT2D eigenvalue weighted by atomic mass is 10.2. The number of halogens is 1. The van der Waals surface area contributed by atoms with Crippen LogP contribution in [0.1, 0.15) is 18.7 Å². The van der Waals surface area contributed by atoms with Crippen molar-refractivity contribution in [3.05, 3.63) is 34.1 Å². The molecule has 0 aliphatic rings. The molecule has 1 N–H and O–H groups in total. The van der Waals surface area contributed by atoms with Crippen LogP contribution in [-0.4, -0.2) is 19.7 Å². The standard InChI is InChI=1S/C12H12BrN5S/c1-7(8-3-4-18(2)17-8)16-12-11-9(14-6-15-12)5-10(13)19-11/h3-7H,1-2H3,(H,14,15,16). The molecule has 3 aromatic heterocycles. The third-order valence-corrected chi connectivity index (χ3v) is 4.45. The summed E-state index contributed by atoms with van der Waals surface area (Å²) in [7, 11) is 1.91. The molecule has 98 valence electrons. The molecule has 3 heterocycles. The van der Waals surface area contributed by atoms with E-state index in [1.807, 2.05) is 25.4 Å². The Bertz CT molecular complexity index is 720. The normalized spacial score (nSPS) is 12.8. The zero-order valence-corrected chi connectivity index (χ0v) is 12.9. The van der Waals surface area contributed by atoms with E-state index in [0.717, 1.165) is 25.5 Å². The fourth-order valence-corrected chi connectivity index (χ4v) is 3.36. The maximum atomic E-state index is 4.40. The number of aromatic nitrogens is 4. The lowest BCUT2D eigenvalue weighted by molar-refractivity contribution is 0.717. The summed E-state index contributed by atoms with van der Waals surface area (Å²) in [6, 6.07) is 4.10. The van der Waals surface area contributed by atoms with Crippen LogP contribution in [0.5, 0.6) is 0 Å². The number of hydrogen-bond donors (Lipinski definition) is 1. The number of fused-ring (bicyclic) bond motifs is 1. The van der Waals surface area contributed by atoms with Gasteiger partial charge in [0.15, 0.2) is 0 Å². The molecule has 0 bridgehead atoms. The number of aryl methyl sites for hydroxylation is 1. The van der Waals surface area contributed by atoms with Crippen molar-refractivity contribution >= 4 is 43.3 Å². The summed E-state index contributed by atoms with van der Waals surface area (Å²) >= 11 is 5.11. The van der Waals surface area contributed by atoms with E-state index in [4.69, 9.17) is 0 Å². The van der Waals surface area contributed by atoms with Crippen LogP contribution in [-0.2, 0) is 7.05 Å². The first kappa shape index (κ1) is 12.6. The summed E-state index contributed by atoms with van der Waals surface area (Å²) in [5.41, 5.74) is 1.94. The van der Waals surface area contributed by atoms with Gasteiger partial charge in [-0.2, -0.15) is 5.10 Å². The maximum Gasteiger partial charge on any atom is 0.148 e. The summed E-state index contributed by atoms with van der Waals surface area (Å²) in [6.45, 7) is 2.07. The van der Waals surface area contributed by atoms with Crippen LogP contribution in [0.25, 0.3) is 10.2 Å². The number of nitrogens with zero attached hydrogens (tertiary/aromatic N) is 4. The van der Waals surface area contributed by atoms with Gasteiger partial charge in [0.2, 0.25) is 0 Å². The first-order chi connectivity index (χ1) is 9.13. The molecule has 1 atom stereocenters. The molecule has 19 heavy (non-hydrogen) atoms. The van der Waals surface area contributed by atoms with Gasteiger partial charge in [-0.15, -0.1) is 11.3 Å². The Hall–Kier alpha value is -1.47. The van der Waals surface area contributed by atoms with Gasteiger partial charge >= 0.3 is 0 Å². The number of thiophene rings is 1. The molecular weight excluding hydrogens is 326 g/mol. The Balaban J connectivity index is 1.92. The van der Waals surface area contributed by atoms with Gasteiger partial charge < -0.3 is 5.32 Å². The zero-order chi connectivity index (χ0) is 13.4. The minimum Gasteiger partial charge on any atom is -0.361 e. The Labute approximate surface area is 122 Å². The highest BCUT2D eigenvalue weighted by atomic mass is 79.9. The van der Waals surface area contributed by atoms with E-state index in [0.29, 0.717) is 0 Å². The van der Waals surface area contributed by atoms with Crippen molar-refractivity contribution in [1.29, 1.82) is 0 Å². The van der Waals surface area contributed by atoms with Gasteiger partial charge in [0.1, 0.15) is 12.1 Å². The molecule has 5 nitrogen and oxygen atoms in total. The van der Waals surface area contributed by atoms with E-state index in [9.17, 15) is 0 Å². The molecule has 0 saturated heterocycles. The van der Waals surface area contributed by atoms with Crippen molar-refractivity contribution in [2.24, 2.45) is 7.05 Å². The number of nitrogens with one attached hydrogen (secondary N) is 1. The van der Waals surface area contributed by atoms with Crippen molar-refractivity contribution in [2.45, 2.75) is 13.0 Å². The number of rotatable bonds is 3. The molecule has 7 heteroatoms. The Kier molecular flexibility index (Phi) is 3.24. The zero-order valence-electron chi connectivity index (χ0n) is 10.5. The Morgan fingerprint density at radius 2 is 2.26 bits per heavy atom. The molecule has 0 fully saturated rings. The van der Waals surface area contributed by atoms with Crippen LogP contribution >= 0.6 is 27.3 Å². The smallest absolute Gasteiger partial charge is 0.148 e.